The van der Waals surface area contributed by atoms with E-state index in [1.807, 2.05) is 30.3 Å². The van der Waals surface area contributed by atoms with Crippen molar-refractivity contribution in [2.24, 2.45) is 5.16 Å². The molecule has 0 aliphatic carbocycles. The number of carbonyl (C=O) groups excluding carboxylic acids is 1. The first-order valence-electron chi connectivity index (χ1n) is 5.29. The predicted octanol–water partition coefficient (Wildman–Crippen LogP) is 2.74. The molecule has 4 heteroatoms. The Hall–Kier alpha value is -2.62. The third-order valence-corrected chi connectivity index (χ3v) is 2.48. The van der Waals surface area contributed by atoms with Crippen molar-refractivity contribution >= 4 is 23.0 Å². The first-order valence-corrected chi connectivity index (χ1v) is 5.29. The highest BCUT2D eigenvalue weighted by Gasteiger charge is 2.10. The summed E-state index contributed by atoms with van der Waals surface area (Å²) >= 11 is 0. The number of carbonyl (C=O) groups is 1. The number of hydrogen-bond acceptors (Lipinski definition) is 4. The Balaban J connectivity index is 2.65. The van der Waals surface area contributed by atoms with Crippen molar-refractivity contribution < 1.29 is 14.7 Å². The first-order chi connectivity index (χ1) is 8.76. The highest BCUT2D eigenvalue weighted by molar-refractivity contribution is 5.99. The van der Waals surface area contributed by atoms with Gasteiger partial charge in [-0.25, -0.2) is 4.79 Å². The number of ether oxygens (including phenoxy) is 1. The van der Waals surface area contributed by atoms with Crippen LogP contribution in [0.3, 0.4) is 0 Å². The van der Waals surface area contributed by atoms with E-state index in [9.17, 15) is 4.79 Å². The van der Waals surface area contributed by atoms with E-state index in [1.165, 1.54) is 6.21 Å². The molecule has 18 heavy (non-hydrogen) atoms. The maximum Gasteiger partial charge on any atom is 0.335 e. The minimum absolute atomic E-state index is 0.357. The van der Waals surface area contributed by atoms with Gasteiger partial charge in [-0.2, -0.15) is 0 Å². The molecule has 0 saturated heterocycles. The predicted molar refractivity (Wildman–Crippen MR) is 69.2 cm³/mol. The van der Waals surface area contributed by atoms with Gasteiger partial charge in [0, 0.05) is 17.0 Å². The second-order valence-corrected chi connectivity index (χ2v) is 3.57. The fraction of sp³-hybridized carbons (Fsp3) is 0. The lowest BCUT2D eigenvalue weighted by Crippen LogP contribution is -2.05. The summed E-state index contributed by atoms with van der Waals surface area (Å²) in [7, 11) is 0. The Labute approximate surface area is 104 Å². The van der Waals surface area contributed by atoms with Crippen LogP contribution in [0.2, 0.25) is 0 Å². The molecular formula is C14H11NO3. The lowest BCUT2D eigenvalue weighted by Gasteiger charge is -2.09. The van der Waals surface area contributed by atoms with Crippen molar-refractivity contribution in [2.75, 3.05) is 0 Å². The number of oxime groups is 1. The zero-order chi connectivity index (χ0) is 13.0. The molecule has 0 spiro atoms. The summed E-state index contributed by atoms with van der Waals surface area (Å²) in [5, 5.41) is 13.3. The fourth-order valence-electron chi connectivity index (χ4n) is 1.68. The van der Waals surface area contributed by atoms with E-state index in [1.54, 1.807) is 6.07 Å². The quantitative estimate of drug-likeness (QED) is 0.224. The van der Waals surface area contributed by atoms with Crippen molar-refractivity contribution in [3.8, 4) is 5.75 Å². The molecule has 0 aliphatic rings. The van der Waals surface area contributed by atoms with Gasteiger partial charge in [0.15, 0.2) is 0 Å². The lowest BCUT2D eigenvalue weighted by molar-refractivity contribution is -0.128. The van der Waals surface area contributed by atoms with Gasteiger partial charge in [-0.1, -0.05) is 42.1 Å². The van der Waals surface area contributed by atoms with E-state index in [0.717, 1.165) is 16.8 Å². The standard InChI is InChI=1S/C14H11NO3/c1-2-13(16)18-14-11(9-15-17)8-7-10-5-3-4-6-12(10)14/h2-9,17H,1H2/b15-9-. The van der Waals surface area contributed by atoms with Crippen LogP contribution < -0.4 is 4.74 Å². The van der Waals surface area contributed by atoms with E-state index < -0.39 is 5.97 Å². The fourth-order valence-corrected chi connectivity index (χ4v) is 1.68. The average molecular weight is 241 g/mol. The molecule has 0 radical (unpaired) electrons. The molecule has 0 saturated carbocycles. The van der Waals surface area contributed by atoms with Crippen LogP contribution in [0, 0.1) is 0 Å². The van der Waals surface area contributed by atoms with Gasteiger partial charge in [0.05, 0.1) is 6.21 Å². The summed E-state index contributed by atoms with van der Waals surface area (Å²) in [5.74, 6) is -0.199. The zero-order valence-electron chi connectivity index (χ0n) is 9.54. The van der Waals surface area contributed by atoms with Gasteiger partial charge in [-0.15, -0.1) is 0 Å². The first kappa shape index (κ1) is 11.9. The van der Waals surface area contributed by atoms with E-state index in [0.29, 0.717) is 11.3 Å². The van der Waals surface area contributed by atoms with Gasteiger partial charge in [-0.05, 0) is 11.5 Å². The Kier molecular flexibility index (Phi) is 3.38. The molecule has 2 aromatic rings. The minimum atomic E-state index is -0.557. The van der Waals surface area contributed by atoms with Gasteiger partial charge in [0.2, 0.25) is 0 Å². The molecule has 1 N–H and O–H groups in total. The van der Waals surface area contributed by atoms with Gasteiger partial charge in [0.1, 0.15) is 5.75 Å². The molecule has 2 rings (SSSR count). The molecule has 0 heterocycles. The van der Waals surface area contributed by atoms with Gasteiger partial charge in [0.25, 0.3) is 0 Å². The summed E-state index contributed by atoms with van der Waals surface area (Å²) in [6.45, 7) is 3.35. The lowest BCUT2D eigenvalue weighted by atomic mass is 10.1. The Morgan fingerprint density at radius 1 is 1.28 bits per heavy atom. The molecule has 0 unspecified atom stereocenters. The van der Waals surface area contributed by atoms with E-state index in [4.69, 9.17) is 9.94 Å². The number of benzene rings is 2. The molecule has 0 amide bonds. The summed E-state index contributed by atoms with van der Waals surface area (Å²) < 4.78 is 5.20. The van der Waals surface area contributed by atoms with Crippen LogP contribution in [-0.4, -0.2) is 17.4 Å². The third-order valence-electron chi connectivity index (χ3n) is 2.48. The van der Waals surface area contributed by atoms with Crippen LogP contribution in [-0.2, 0) is 4.79 Å². The number of hydrogen-bond donors (Lipinski definition) is 1. The summed E-state index contributed by atoms with van der Waals surface area (Å²) in [5.41, 5.74) is 0.520. The smallest absolute Gasteiger partial charge is 0.335 e. The molecule has 4 nitrogen and oxygen atoms in total. The van der Waals surface area contributed by atoms with Gasteiger partial charge >= 0.3 is 5.97 Å². The van der Waals surface area contributed by atoms with Crippen LogP contribution in [0.15, 0.2) is 54.2 Å². The van der Waals surface area contributed by atoms with Crippen molar-refractivity contribution in [3.05, 3.63) is 54.6 Å². The van der Waals surface area contributed by atoms with Gasteiger partial charge < -0.3 is 9.94 Å². The van der Waals surface area contributed by atoms with E-state index >= 15 is 0 Å². The Morgan fingerprint density at radius 3 is 2.78 bits per heavy atom. The number of fused-ring (bicyclic) bond motifs is 1. The molecule has 0 aliphatic heterocycles. The maximum absolute atomic E-state index is 11.3. The highest BCUT2D eigenvalue weighted by Crippen LogP contribution is 2.29. The van der Waals surface area contributed by atoms with Crippen LogP contribution in [0.1, 0.15) is 5.56 Å². The largest absolute Gasteiger partial charge is 0.422 e. The second-order valence-electron chi connectivity index (χ2n) is 3.57. The van der Waals surface area contributed by atoms with Gasteiger partial charge in [-0.3, -0.25) is 0 Å². The number of rotatable bonds is 3. The number of esters is 1. The average Bonchev–Trinajstić information content (AvgIpc) is 2.41. The number of nitrogens with zero attached hydrogens (tertiary/aromatic N) is 1. The van der Waals surface area contributed by atoms with Crippen molar-refractivity contribution in [1.82, 2.24) is 0 Å². The van der Waals surface area contributed by atoms with Crippen molar-refractivity contribution in [1.29, 1.82) is 0 Å². The zero-order valence-corrected chi connectivity index (χ0v) is 9.54. The van der Waals surface area contributed by atoms with Crippen LogP contribution in [0.25, 0.3) is 10.8 Å². The Morgan fingerprint density at radius 2 is 2.06 bits per heavy atom. The molecule has 0 aromatic heterocycles. The SMILES string of the molecule is C=CC(=O)Oc1c(/C=N\O)ccc2ccccc12. The molecule has 0 bridgehead atoms. The molecule has 2 aromatic carbocycles. The Bertz CT molecular complexity index is 632. The monoisotopic (exact) mass is 241 g/mol. The summed E-state index contributed by atoms with van der Waals surface area (Å²) in [6, 6.07) is 11.0. The second kappa shape index (κ2) is 5.14. The topological polar surface area (TPSA) is 58.9 Å². The highest BCUT2D eigenvalue weighted by atomic mass is 16.5. The third kappa shape index (κ3) is 2.22. The minimum Gasteiger partial charge on any atom is -0.422 e. The van der Waals surface area contributed by atoms with Crippen molar-refractivity contribution in [3.63, 3.8) is 0 Å². The normalized spacial score (nSPS) is 10.7. The maximum atomic E-state index is 11.3. The van der Waals surface area contributed by atoms with E-state index in [-0.39, 0.29) is 0 Å². The van der Waals surface area contributed by atoms with Crippen LogP contribution >= 0.6 is 0 Å². The molecule has 0 atom stereocenters. The van der Waals surface area contributed by atoms with Crippen LogP contribution in [0.5, 0.6) is 5.75 Å². The molecule has 90 valence electrons. The molecule has 0 fully saturated rings. The van der Waals surface area contributed by atoms with Crippen LogP contribution in [0.4, 0.5) is 0 Å². The van der Waals surface area contributed by atoms with Crippen molar-refractivity contribution in [2.45, 2.75) is 0 Å². The van der Waals surface area contributed by atoms with E-state index in [2.05, 4.69) is 11.7 Å². The summed E-state index contributed by atoms with van der Waals surface area (Å²) in [4.78, 5) is 11.3. The molecular weight excluding hydrogens is 230 g/mol. The summed E-state index contributed by atoms with van der Waals surface area (Å²) in [6.07, 6.45) is 2.31.